The fourth-order valence-corrected chi connectivity index (χ4v) is 3.23. The van der Waals surface area contributed by atoms with Gasteiger partial charge in [0.25, 0.3) is 18.0 Å². The number of nitro groups is 1. The summed E-state index contributed by atoms with van der Waals surface area (Å²) in [5.41, 5.74) is 1.54. The molecule has 3 heterocycles. The smallest absolute Gasteiger partial charge is 0.280 e. The number of rotatable bonds is 5. The maximum Gasteiger partial charge on any atom is 0.280 e. The summed E-state index contributed by atoms with van der Waals surface area (Å²) in [6, 6.07) is 15.8. The number of fused-ring (bicyclic) bond motifs is 1. The predicted molar refractivity (Wildman–Crippen MR) is 109 cm³/mol. The minimum absolute atomic E-state index is 0.0336. The van der Waals surface area contributed by atoms with Gasteiger partial charge in [-0.1, -0.05) is 35.5 Å². The van der Waals surface area contributed by atoms with Crippen molar-refractivity contribution in [1.29, 1.82) is 0 Å². The first-order valence-corrected chi connectivity index (χ1v) is 9.32. The van der Waals surface area contributed by atoms with Gasteiger partial charge in [0.15, 0.2) is 5.65 Å². The van der Waals surface area contributed by atoms with Crippen LogP contribution in [0.15, 0.2) is 71.4 Å². The van der Waals surface area contributed by atoms with Gasteiger partial charge in [-0.25, -0.2) is 18.3 Å². The van der Waals surface area contributed by atoms with Crippen LogP contribution in [-0.2, 0) is 0 Å². The zero-order valence-corrected chi connectivity index (χ0v) is 16.1. The van der Waals surface area contributed by atoms with Crippen molar-refractivity contribution in [3.05, 3.63) is 82.7 Å². The Morgan fingerprint density at radius 3 is 2.44 bits per heavy atom. The fourth-order valence-electron chi connectivity index (χ4n) is 3.23. The summed E-state index contributed by atoms with van der Waals surface area (Å²) >= 11 is 0. The van der Waals surface area contributed by atoms with Crippen LogP contribution in [0.2, 0.25) is 0 Å². The highest BCUT2D eigenvalue weighted by atomic mass is 19.3. The Labute approximate surface area is 178 Å². The Morgan fingerprint density at radius 2 is 1.75 bits per heavy atom. The molecule has 2 aromatic carbocycles. The van der Waals surface area contributed by atoms with Gasteiger partial charge in [0.2, 0.25) is 5.82 Å². The van der Waals surface area contributed by atoms with E-state index in [1.165, 1.54) is 36.5 Å². The summed E-state index contributed by atoms with van der Waals surface area (Å²) in [6.45, 7) is 0. The highest BCUT2D eigenvalue weighted by molar-refractivity contribution is 5.75. The minimum atomic E-state index is -2.78. The van der Waals surface area contributed by atoms with Crippen LogP contribution in [0.25, 0.3) is 39.7 Å². The minimum Gasteiger partial charge on any atom is -0.333 e. The molecule has 5 aromatic rings. The van der Waals surface area contributed by atoms with E-state index in [0.717, 1.165) is 4.52 Å². The van der Waals surface area contributed by atoms with Crippen molar-refractivity contribution in [2.24, 2.45) is 0 Å². The topological polar surface area (TPSA) is 112 Å². The summed E-state index contributed by atoms with van der Waals surface area (Å²) in [7, 11) is 0. The molecule has 0 atom stereocenters. The Bertz CT molecular complexity index is 1430. The molecule has 0 aliphatic heterocycles. The van der Waals surface area contributed by atoms with Crippen molar-refractivity contribution in [2.45, 2.75) is 6.43 Å². The summed E-state index contributed by atoms with van der Waals surface area (Å²) in [4.78, 5) is 19.1. The molecule has 0 N–H and O–H groups in total. The number of aromatic nitrogens is 5. The zero-order chi connectivity index (χ0) is 22.2. The molecular formula is C21H12F2N6O3. The molecule has 3 aromatic heterocycles. The van der Waals surface area contributed by atoms with Gasteiger partial charge < -0.3 is 4.52 Å². The Hall–Kier alpha value is -4.54. The van der Waals surface area contributed by atoms with Crippen LogP contribution in [-0.4, -0.2) is 29.7 Å². The lowest BCUT2D eigenvalue weighted by Gasteiger charge is -2.07. The van der Waals surface area contributed by atoms with Gasteiger partial charge in [0, 0.05) is 23.3 Å². The average Bonchev–Trinajstić information content (AvgIpc) is 3.46. The fraction of sp³-hybridized carbons (Fsp3) is 0.0476. The quantitative estimate of drug-likeness (QED) is 0.284. The van der Waals surface area contributed by atoms with Crippen molar-refractivity contribution in [3.8, 4) is 34.1 Å². The molecule has 0 saturated carbocycles. The van der Waals surface area contributed by atoms with Crippen molar-refractivity contribution in [3.63, 3.8) is 0 Å². The van der Waals surface area contributed by atoms with E-state index in [0.29, 0.717) is 16.8 Å². The second kappa shape index (κ2) is 7.61. The van der Waals surface area contributed by atoms with Crippen LogP contribution in [0.1, 0.15) is 12.1 Å². The third-order valence-electron chi connectivity index (χ3n) is 4.79. The molecular weight excluding hydrogens is 422 g/mol. The standard InChI is InChI=1S/C21H12F2N6O3/c22-18(23)17-10-16(12-4-2-1-3-5-12)25-20-15(11-24-28(17)20)21-26-19(27-32-21)13-6-8-14(9-7-13)29(30)31/h1-11,18H. The first-order valence-electron chi connectivity index (χ1n) is 9.32. The molecule has 0 amide bonds. The van der Waals surface area contributed by atoms with Gasteiger partial charge >= 0.3 is 0 Å². The largest absolute Gasteiger partial charge is 0.333 e. The van der Waals surface area contributed by atoms with Crippen LogP contribution in [0.3, 0.4) is 0 Å². The van der Waals surface area contributed by atoms with Gasteiger partial charge in [-0.3, -0.25) is 10.1 Å². The van der Waals surface area contributed by atoms with Gasteiger partial charge in [-0.15, -0.1) is 0 Å². The molecule has 0 spiro atoms. The molecule has 11 heteroatoms. The van der Waals surface area contributed by atoms with Gasteiger partial charge in [-0.05, 0) is 18.2 Å². The number of alkyl halides is 2. The lowest BCUT2D eigenvalue weighted by molar-refractivity contribution is -0.384. The maximum absolute atomic E-state index is 13.7. The Balaban J connectivity index is 1.61. The number of nitro benzene ring substituents is 1. The molecule has 158 valence electrons. The van der Waals surface area contributed by atoms with Crippen LogP contribution in [0.4, 0.5) is 14.5 Å². The molecule has 0 bridgehead atoms. The van der Waals surface area contributed by atoms with E-state index >= 15 is 0 Å². The number of halogens is 2. The summed E-state index contributed by atoms with van der Waals surface area (Å²) < 4.78 is 33.8. The Morgan fingerprint density at radius 1 is 1.00 bits per heavy atom. The number of hydrogen-bond donors (Lipinski definition) is 0. The van der Waals surface area contributed by atoms with E-state index in [-0.39, 0.29) is 34.3 Å². The normalized spacial score (nSPS) is 11.3. The first-order chi connectivity index (χ1) is 15.5. The van der Waals surface area contributed by atoms with Gasteiger partial charge in [0.1, 0.15) is 11.3 Å². The van der Waals surface area contributed by atoms with E-state index in [9.17, 15) is 18.9 Å². The van der Waals surface area contributed by atoms with Crippen molar-refractivity contribution in [2.75, 3.05) is 0 Å². The predicted octanol–water partition coefficient (Wildman–Crippen LogP) is 4.96. The highest BCUT2D eigenvalue weighted by Gasteiger charge is 2.22. The third-order valence-corrected chi connectivity index (χ3v) is 4.79. The second-order valence-corrected chi connectivity index (χ2v) is 6.75. The molecule has 0 unspecified atom stereocenters. The van der Waals surface area contributed by atoms with Gasteiger partial charge in [0.05, 0.1) is 16.8 Å². The summed E-state index contributed by atoms with van der Waals surface area (Å²) in [6.07, 6.45) is -1.45. The lowest BCUT2D eigenvalue weighted by atomic mass is 10.1. The second-order valence-electron chi connectivity index (χ2n) is 6.75. The molecule has 9 nitrogen and oxygen atoms in total. The van der Waals surface area contributed by atoms with E-state index in [1.54, 1.807) is 24.3 Å². The van der Waals surface area contributed by atoms with Crippen LogP contribution < -0.4 is 0 Å². The SMILES string of the molecule is O=[N+]([O-])c1ccc(-c2noc(-c3cnn4c(C(F)F)cc(-c5ccccc5)nc34)n2)cc1. The summed E-state index contributed by atoms with van der Waals surface area (Å²) in [5.74, 6) is 0.217. The third kappa shape index (κ3) is 3.35. The van der Waals surface area contributed by atoms with E-state index < -0.39 is 11.3 Å². The average molecular weight is 434 g/mol. The summed E-state index contributed by atoms with van der Waals surface area (Å²) in [5, 5.41) is 18.8. The van der Waals surface area contributed by atoms with Crippen LogP contribution >= 0.6 is 0 Å². The number of non-ortho nitro benzene ring substituents is 1. The van der Waals surface area contributed by atoms with E-state index in [4.69, 9.17) is 4.52 Å². The van der Waals surface area contributed by atoms with Crippen LogP contribution in [0, 0.1) is 10.1 Å². The van der Waals surface area contributed by atoms with E-state index in [2.05, 4.69) is 20.2 Å². The first kappa shape index (κ1) is 19.4. The lowest BCUT2D eigenvalue weighted by Crippen LogP contribution is -2.02. The maximum atomic E-state index is 13.7. The molecule has 0 saturated heterocycles. The molecule has 0 fully saturated rings. The molecule has 0 radical (unpaired) electrons. The van der Waals surface area contributed by atoms with Crippen molar-refractivity contribution < 1.29 is 18.2 Å². The van der Waals surface area contributed by atoms with Crippen LogP contribution in [0.5, 0.6) is 0 Å². The van der Waals surface area contributed by atoms with Crippen molar-refractivity contribution in [1.82, 2.24) is 24.7 Å². The van der Waals surface area contributed by atoms with Crippen molar-refractivity contribution >= 4 is 11.3 Å². The number of hydrogen-bond acceptors (Lipinski definition) is 7. The highest BCUT2D eigenvalue weighted by Crippen LogP contribution is 2.31. The van der Waals surface area contributed by atoms with Gasteiger partial charge in [-0.2, -0.15) is 10.1 Å². The molecule has 5 rings (SSSR count). The zero-order valence-electron chi connectivity index (χ0n) is 16.1. The molecule has 0 aliphatic rings. The molecule has 0 aliphatic carbocycles. The number of nitrogens with zero attached hydrogens (tertiary/aromatic N) is 6. The monoisotopic (exact) mass is 434 g/mol. The Kier molecular flexibility index (Phi) is 4.62. The van der Waals surface area contributed by atoms with E-state index in [1.807, 2.05) is 6.07 Å². The molecule has 32 heavy (non-hydrogen) atoms. The number of benzene rings is 2.